The SMILES string of the molecule is CCOC(=O)[C@@H](N)CCP(C)(=O)OCC.Cl. The number of nitrogens with two attached hydrogens (primary N) is 1. The first kappa shape index (κ1) is 18.3. The molecule has 0 aromatic heterocycles. The Hall–Kier alpha value is -0.0900. The van der Waals surface area contributed by atoms with Gasteiger partial charge < -0.3 is 15.0 Å². The van der Waals surface area contributed by atoms with Crippen LogP contribution < -0.4 is 5.73 Å². The Bertz CT molecular complexity index is 250. The van der Waals surface area contributed by atoms with E-state index >= 15 is 0 Å². The van der Waals surface area contributed by atoms with E-state index in [1.54, 1.807) is 20.5 Å². The van der Waals surface area contributed by atoms with Crippen LogP contribution in [0.25, 0.3) is 0 Å². The second-order valence-corrected chi connectivity index (χ2v) is 6.04. The van der Waals surface area contributed by atoms with Gasteiger partial charge in [0.05, 0.1) is 13.2 Å². The van der Waals surface area contributed by atoms with Crippen LogP contribution in [0.15, 0.2) is 0 Å². The number of halogens is 1. The quantitative estimate of drug-likeness (QED) is 0.563. The third-order valence-electron chi connectivity index (χ3n) is 1.84. The van der Waals surface area contributed by atoms with Crippen LogP contribution in [0.4, 0.5) is 0 Å². The summed E-state index contributed by atoms with van der Waals surface area (Å²) in [5, 5.41) is 0. The average molecular weight is 274 g/mol. The third kappa shape index (κ3) is 8.11. The van der Waals surface area contributed by atoms with Crippen molar-refractivity contribution >= 4 is 25.7 Å². The van der Waals surface area contributed by atoms with Gasteiger partial charge in [-0.2, -0.15) is 0 Å². The van der Waals surface area contributed by atoms with Crippen molar-refractivity contribution in [1.29, 1.82) is 0 Å². The molecule has 5 nitrogen and oxygen atoms in total. The van der Waals surface area contributed by atoms with Crippen molar-refractivity contribution in [3.63, 3.8) is 0 Å². The van der Waals surface area contributed by atoms with E-state index in [0.717, 1.165) is 0 Å². The average Bonchev–Trinajstić information content (AvgIpc) is 2.14. The van der Waals surface area contributed by atoms with Crippen LogP contribution in [0.1, 0.15) is 20.3 Å². The van der Waals surface area contributed by atoms with E-state index in [0.29, 0.717) is 25.8 Å². The molecular formula is C9H21ClNO4P. The lowest BCUT2D eigenvalue weighted by Gasteiger charge is -2.15. The summed E-state index contributed by atoms with van der Waals surface area (Å²) in [6.07, 6.45) is 0.632. The molecule has 16 heavy (non-hydrogen) atoms. The molecule has 1 unspecified atom stereocenters. The molecule has 0 fully saturated rings. The van der Waals surface area contributed by atoms with Gasteiger partial charge in [0.25, 0.3) is 0 Å². The standard InChI is InChI=1S/C9H20NO4P.ClH/c1-4-13-9(11)8(10)6-7-15(3,12)14-5-2;/h8H,4-7,10H2,1-3H3;1H/t8-,15?;/m0./s1. The van der Waals surface area contributed by atoms with Crippen molar-refractivity contribution in [2.24, 2.45) is 5.73 Å². The van der Waals surface area contributed by atoms with Gasteiger partial charge in [-0.15, -0.1) is 12.4 Å². The summed E-state index contributed by atoms with van der Waals surface area (Å²) in [5.74, 6) is -0.450. The number of hydrogen-bond acceptors (Lipinski definition) is 5. The molecule has 0 aliphatic heterocycles. The molecule has 0 aliphatic rings. The highest BCUT2D eigenvalue weighted by Crippen LogP contribution is 2.42. The summed E-state index contributed by atoms with van der Waals surface area (Å²) < 4.78 is 21.5. The molecule has 0 heterocycles. The van der Waals surface area contributed by atoms with Gasteiger partial charge in [-0.05, 0) is 20.3 Å². The maximum atomic E-state index is 11.7. The summed E-state index contributed by atoms with van der Waals surface area (Å²) in [6.45, 7) is 5.76. The van der Waals surface area contributed by atoms with Crippen LogP contribution in [0.5, 0.6) is 0 Å². The van der Waals surface area contributed by atoms with Crippen molar-refractivity contribution < 1.29 is 18.6 Å². The minimum Gasteiger partial charge on any atom is -0.465 e. The minimum atomic E-state index is -2.59. The molecule has 0 spiro atoms. The van der Waals surface area contributed by atoms with E-state index in [-0.39, 0.29) is 12.4 Å². The van der Waals surface area contributed by atoms with Gasteiger partial charge in [-0.25, -0.2) is 0 Å². The lowest BCUT2D eigenvalue weighted by Crippen LogP contribution is -2.33. The zero-order chi connectivity index (χ0) is 11.9. The van der Waals surface area contributed by atoms with Gasteiger partial charge in [-0.3, -0.25) is 9.36 Å². The predicted molar refractivity (Wildman–Crippen MR) is 66.5 cm³/mol. The summed E-state index contributed by atoms with van der Waals surface area (Å²) in [5.41, 5.74) is 5.56. The van der Waals surface area contributed by atoms with Crippen molar-refractivity contribution in [3.8, 4) is 0 Å². The molecule has 0 rings (SSSR count). The monoisotopic (exact) mass is 273 g/mol. The number of esters is 1. The Morgan fingerprint density at radius 1 is 1.38 bits per heavy atom. The lowest BCUT2D eigenvalue weighted by molar-refractivity contribution is -0.144. The summed E-state index contributed by atoms with van der Waals surface area (Å²) in [4.78, 5) is 11.1. The van der Waals surface area contributed by atoms with Crippen LogP contribution >= 0.6 is 19.8 Å². The molecule has 2 atom stereocenters. The van der Waals surface area contributed by atoms with Gasteiger partial charge in [0.15, 0.2) is 7.37 Å². The minimum absolute atomic E-state index is 0. The van der Waals surface area contributed by atoms with E-state index in [1.807, 2.05) is 0 Å². The second kappa shape index (κ2) is 8.99. The number of hydrogen-bond donors (Lipinski definition) is 1. The first-order valence-corrected chi connectivity index (χ1v) is 7.32. The Kier molecular flexibility index (Phi) is 10.3. The van der Waals surface area contributed by atoms with Crippen molar-refractivity contribution in [2.45, 2.75) is 26.3 Å². The van der Waals surface area contributed by atoms with Crippen LogP contribution in [0, 0.1) is 0 Å². The van der Waals surface area contributed by atoms with Crippen LogP contribution in [0.3, 0.4) is 0 Å². The molecule has 0 aromatic rings. The third-order valence-corrected chi connectivity index (χ3v) is 3.71. The van der Waals surface area contributed by atoms with Crippen molar-refractivity contribution in [3.05, 3.63) is 0 Å². The topological polar surface area (TPSA) is 78.6 Å². The zero-order valence-electron chi connectivity index (χ0n) is 9.97. The normalized spacial score (nSPS) is 15.8. The first-order valence-electron chi connectivity index (χ1n) is 5.06. The molecule has 0 radical (unpaired) electrons. The Morgan fingerprint density at radius 2 is 1.94 bits per heavy atom. The van der Waals surface area contributed by atoms with E-state index in [4.69, 9.17) is 15.0 Å². The highest BCUT2D eigenvalue weighted by molar-refractivity contribution is 7.58. The Balaban J connectivity index is 0. The highest BCUT2D eigenvalue weighted by Gasteiger charge is 2.21. The van der Waals surface area contributed by atoms with Gasteiger partial charge in [0.1, 0.15) is 6.04 Å². The van der Waals surface area contributed by atoms with E-state index in [1.165, 1.54) is 0 Å². The van der Waals surface area contributed by atoms with Crippen LogP contribution in [0.2, 0.25) is 0 Å². The molecule has 2 N–H and O–H groups in total. The largest absolute Gasteiger partial charge is 0.465 e. The number of carbonyl (C=O) groups excluding carboxylic acids is 1. The Morgan fingerprint density at radius 3 is 2.38 bits per heavy atom. The van der Waals surface area contributed by atoms with Crippen molar-refractivity contribution in [2.75, 3.05) is 26.0 Å². The van der Waals surface area contributed by atoms with E-state index in [2.05, 4.69) is 0 Å². The van der Waals surface area contributed by atoms with Gasteiger partial charge >= 0.3 is 5.97 Å². The fourth-order valence-corrected chi connectivity index (χ4v) is 2.50. The molecule has 0 saturated carbocycles. The maximum Gasteiger partial charge on any atom is 0.322 e. The molecular weight excluding hydrogens is 253 g/mol. The molecule has 0 aliphatic carbocycles. The molecule has 7 heteroatoms. The zero-order valence-corrected chi connectivity index (χ0v) is 11.7. The van der Waals surface area contributed by atoms with Crippen molar-refractivity contribution in [1.82, 2.24) is 0 Å². The Labute approximate surface area is 103 Å². The van der Waals surface area contributed by atoms with Crippen LogP contribution in [-0.2, 0) is 18.6 Å². The first-order chi connectivity index (χ1) is 6.93. The second-order valence-electron chi connectivity index (χ2n) is 3.30. The molecule has 0 bridgehead atoms. The number of rotatable bonds is 7. The maximum absolute atomic E-state index is 11.7. The molecule has 98 valence electrons. The highest BCUT2D eigenvalue weighted by atomic mass is 35.5. The summed E-state index contributed by atoms with van der Waals surface area (Å²) in [6, 6.07) is -0.710. The van der Waals surface area contributed by atoms with E-state index in [9.17, 15) is 9.36 Å². The number of carbonyl (C=O) groups is 1. The van der Waals surface area contributed by atoms with E-state index < -0.39 is 19.4 Å². The van der Waals surface area contributed by atoms with Gasteiger partial charge in [0.2, 0.25) is 0 Å². The molecule has 0 aromatic carbocycles. The summed E-state index contributed by atoms with van der Waals surface area (Å²) in [7, 11) is -2.59. The predicted octanol–water partition coefficient (Wildman–Crippen LogP) is 1.63. The van der Waals surface area contributed by atoms with Crippen LogP contribution in [-0.4, -0.2) is 38.1 Å². The van der Waals surface area contributed by atoms with Gasteiger partial charge in [0, 0.05) is 12.8 Å². The van der Waals surface area contributed by atoms with Gasteiger partial charge in [-0.1, -0.05) is 0 Å². The smallest absolute Gasteiger partial charge is 0.322 e. The molecule has 0 saturated heterocycles. The number of ether oxygens (including phenoxy) is 1. The fraction of sp³-hybridized carbons (Fsp3) is 0.889. The fourth-order valence-electron chi connectivity index (χ4n) is 1.08. The molecule has 0 amide bonds. The lowest BCUT2D eigenvalue weighted by atomic mass is 10.2. The summed E-state index contributed by atoms with van der Waals surface area (Å²) >= 11 is 0.